The molecule has 0 saturated heterocycles. The van der Waals surface area contributed by atoms with E-state index in [2.05, 4.69) is 0 Å². The number of aliphatic hydroxyl groups excluding tert-OH is 2. The molecular weight excluding hydrogens is 152 g/mol. The van der Waals surface area contributed by atoms with Crippen LogP contribution in [0.15, 0.2) is 0 Å². The Labute approximate surface area is 63.9 Å². The Kier molecular flexibility index (Phi) is 2.98. The maximum absolute atomic E-state index is 10.1. The van der Waals surface area contributed by atoms with Gasteiger partial charge in [0.15, 0.2) is 6.10 Å². The lowest BCUT2D eigenvalue weighted by Gasteiger charge is -2.26. The summed E-state index contributed by atoms with van der Waals surface area (Å²) in [4.78, 5) is 10.1. The average Bonchev–Trinajstić information content (AvgIpc) is 1.82. The van der Waals surface area contributed by atoms with Crippen LogP contribution in [0.4, 0.5) is 0 Å². The first-order chi connectivity index (χ1) is 4.76. The molecule has 0 radical (unpaired) electrons. The predicted octanol–water partition coefficient (Wildman–Crippen LogP) is -1.44. The van der Waals surface area contributed by atoms with Crippen LogP contribution >= 0.6 is 0 Å². The molecule has 0 heterocycles. The summed E-state index contributed by atoms with van der Waals surface area (Å²) in [5.41, 5.74) is -1.61. The average molecular weight is 164 g/mol. The fraction of sp³-hybridized carbons (Fsp3) is 0.833. The monoisotopic (exact) mass is 164 g/mol. The minimum atomic E-state index is -1.95. The maximum atomic E-state index is 10.1. The first-order valence-corrected chi connectivity index (χ1v) is 3.08. The summed E-state index contributed by atoms with van der Waals surface area (Å²) in [6, 6.07) is 0. The topological polar surface area (TPSA) is 98.0 Å². The largest absolute Gasteiger partial charge is 0.479 e. The van der Waals surface area contributed by atoms with Crippen molar-refractivity contribution in [1.82, 2.24) is 0 Å². The van der Waals surface area contributed by atoms with Gasteiger partial charge in [-0.1, -0.05) is 0 Å². The smallest absolute Gasteiger partial charge is 0.335 e. The molecule has 4 N–H and O–H groups in total. The zero-order valence-corrected chi connectivity index (χ0v) is 6.35. The van der Waals surface area contributed by atoms with E-state index >= 15 is 0 Å². The third-order valence-electron chi connectivity index (χ3n) is 1.28. The van der Waals surface area contributed by atoms with Crippen molar-refractivity contribution in [3.05, 3.63) is 0 Å². The molecule has 0 aromatic rings. The van der Waals surface area contributed by atoms with E-state index in [1.807, 2.05) is 0 Å². The quantitative estimate of drug-likeness (QED) is 0.409. The van der Waals surface area contributed by atoms with Gasteiger partial charge in [0.25, 0.3) is 0 Å². The summed E-state index contributed by atoms with van der Waals surface area (Å²) < 4.78 is 0. The van der Waals surface area contributed by atoms with Gasteiger partial charge in [-0.05, 0) is 13.8 Å². The van der Waals surface area contributed by atoms with E-state index in [1.165, 1.54) is 13.8 Å². The van der Waals surface area contributed by atoms with E-state index in [0.29, 0.717) is 0 Å². The molecule has 11 heavy (non-hydrogen) atoms. The van der Waals surface area contributed by atoms with Crippen LogP contribution < -0.4 is 0 Å². The fourth-order valence-corrected chi connectivity index (χ4v) is 0.521. The summed E-state index contributed by atoms with van der Waals surface area (Å²) in [5.74, 6) is -1.56. The highest BCUT2D eigenvalue weighted by Gasteiger charge is 2.35. The highest BCUT2D eigenvalue weighted by Crippen LogP contribution is 2.11. The van der Waals surface area contributed by atoms with Crippen LogP contribution in [-0.2, 0) is 4.79 Å². The SMILES string of the molecule is CC(C)(O)[C@H](O)[C@@H](O)C(=O)O. The molecule has 0 bridgehead atoms. The molecule has 0 spiro atoms. The molecule has 0 aromatic heterocycles. The summed E-state index contributed by atoms with van der Waals surface area (Å²) in [5, 5.41) is 34.9. The number of rotatable bonds is 3. The van der Waals surface area contributed by atoms with Crippen molar-refractivity contribution in [3.63, 3.8) is 0 Å². The molecule has 5 nitrogen and oxygen atoms in total. The standard InChI is InChI=1S/C6H12O5/c1-6(2,11)4(8)3(7)5(9)10/h3-4,7-8,11H,1-2H3,(H,9,10)/t3-,4-/m1/s1. The Hall–Kier alpha value is -0.650. The van der Waals surface area contributed by atoms with E-state index in [-0.39, 0.29) is 0 Å². The Balaban J connectivity index is 4.25. The predicted molar refractivity (Wildman–Crippen MR) is 35.9 cm³/mol. The van der Waals surface area contributed by atoms with Gasteiger partial charge in [0.1, 0.15) is 6.10 Å². The van der Waals surface area contributed by atoms with Gasteiger partial charge in [-0.25, -0.2) is 4.79 Å². The molecule has 0 rings (SSSR count). The molecule has 0 amide bonds. The second-order valence-corrected chi connectivity index (χ2v) is 2.88. The Morgan fingerprint density at radius 2 is 1.73 bits per heavy atom. The van der Waals surface area contributed by atoms with Gasteiger partial charge in [0, 0.05) is 0 Å². The van der Waals surface area contributed by atoms with Crippen molar-refractivity contribution in [2.45, 2.75) is 31.7 Å². The Bertz CT molecular complexity index is 148. The number of aliphatic carboxylic acids is 1. The van der Waals surface area contributed by atoms with Crippen LogP contribution in [0.25, 0.3) is 0 Å². The van der Waals surface area contributed by atoms with Crippen molar-refractivity contribution in [2.75, 3.05) is 0 Å². The highest BCUT2D eigenvalue weighted by molar-refractivity contribution is 5.72. The van der Waals surface area contributed by atoms with Gasteiger partial charge in [-0.3, -0.25) is 0 Å². The normalized spacial score (nSPS) is 17.5. The number of aliphatic hydroxyl groups is 3. The Morgan fingerprint density at radius 1 is 1.36 bits per heavy atom. The van der Waals surface area contributed by atoms with E-state index in [4.69, 9.17) is 20.4 Å². The lowest BCUT2D eigenvalue weighted by Crippen LogP contribution is -2.48. The third-order valence-corrected chi connectivity index (χ3v) is 1.28. The summed E-state index contributed by atoms with van der Waals surface area (Å²) >= 11 is 0. The molecule has 0 aliphatic carbocycles. The molecular formula is C6H12O5. The lowest BCUT2D eigenvalue weighted by atomic mass is 9.97. The van der Waals surface area contributed by atoms with E-state index in [1.54, 1.807) is 0 Å². The maximum Gasteiger partial charge on any atom is 0.335 e. The molecule has 0 unspecified atom stereocenters. The molecule has 2 atom stereocenters. The number of carbonyl (C=O) groups is 1. The zero-order chi connectivity index (χ0) is 9.23. The van der Waals surface area contributed by atoms with Crippen LogP contribution in [0.3, 0.4) is 0 Å². The molecule has 0 aromatic carbocycles. The van der Waals surface area contributed by atoms with E-state index in [0.717, 1.165) is 0 Å². The van der Waals surface area contributed by atoms with Crippen LogP contribution in [0.1, 0.15) is 13.8 Å². The second kappa shape index (κ2) is 3.17. The second-order valence-electron chi connectivity index (χ2n) is 2.88. The number of hydrogen-bond donors (Lipinski definition) is 4. The van der Waals surface area contributed by atoms with Gasteiger partial charge in [0.05, 0.1) is 5.60 Å². The molecule has 0 aliphatic rings. The summed E-state index contributed by atoms with van der Waals surface area (Å²) in [7, 11) is 0. The lowest BCUT2D eigenvalue weighted by molar-refractivity contribution is -0.164. The molecule has 5 heteroatoms. The van der Waals surface area contributed by atoms with E-state index < -0.39 is 23.8 Å². The van der Waals surface area contributed by atoms with Crippen molar-refractivity contribution >= 4 is 5.97 Å². The molecule has 66 valence electrons. The number of carboxylic acids is 1. The number of carboxylic acid groups (broad SMARTS) is 1. The molecule has 0 saturated carbocycles. The van der Waals surface area contributed by atoms with Crippen LogP contribution in [-0.4, -0.2) is 44.2 Å². The third kappa shape index (κ3) is 2.83. The van der Waals surface area contributed by atoms with Crippen molar-refractivity contribution in [2.24, 2.45) is 0 Å². The van der Waals surface area contributed by atoms with Gasteiger partial charge in [0.2, 0.25) is 0 Å². The molecule has 0 aliphatic heterocycles. The highest BCUT2D eigenvalue weighted by atomic mass is 16.4. The van der Waals surface area contributed by atoms with Crippen LogP contribution in [0.2, 0.25) is 0 Å². The van der Waals surface area contributed by atoms with Crippen molar-refractivity contribution < 1.29 is 25.2 Å². The van der Waals surface area contributed by atoms with Gasteiger partial charge < -0.3 is 20.4 Å². The van der Waals surface area contributed by atoms with E-state index in [9.17, 15) is 4.79 Å². The van der Waals surface area contributed by atoms with Gasteiger partial charge in [-0.2, -0.15) is 0 Å². The Morgan fingerprint density at radius 3 is 1.82 bits per heavy atom. The van der Waals surface area contributed by atoms with Crippen molar-refractivity contribution in [1.29, 1.82) is 0 Å². The van der Waals surface area contributed by atoms with Crippen LogP contribution in [0.5, 0.6) is 0 Å². The fourth-order valence-electron chi connectivity index (χ4n) is 0.521. The van der Waals surface area contributed by atoms with Crippen LogP contribution in [0, 0.1) is 0 Å². The summed E-state index contributed by atoms with van der Waals surface area (Å²) in [6.07, 6.45) is -3.63. The minimum absolute atomic E-state index is 1.21. The van der Waals surface area contributed by atoms with Gasteiger partial charge in [-0.15, -0.1) is 0 Å². The summed E-state index contributed by atoms with van der Waals surface area (Å²) in [6.45, 7) is 2.42. The first kappa shape index (κ1) is 10.3. The first-order valence-electron chi connectivity index (χ1n) is 3.08. The number of hydrogen-bond acceptors (Lipinski definition) is 4. The van der Waals surface area contributed by atoms with Gasteiger partial charge >= 0.3 is 5.97 Å². The molecule has 0 fully saturated rings. The van der Waals surface area contributed by atoms with Crippen molar-refractivity contribution in [3.8, 4) is 0 Å². The minimum Gasteiger partial charge on any atom is -0.479 e. The zero-order valence-electron chi connectivity index (χ0n) is 6.35.